The largest absolute Gasteiger partial charge is 0.380 e. The molecule has 3 N–H and O–H groups in total. The molecular formula is C20H19N5O. The number of aromatic nitrogens is 2. The van der Waals surface area contributed by atoms with Crippen LogP contribution in [0.4, 0.5) is 5.69 Å². The Balaban J connectivity index is 1.80. The predicted molar refractivity (Wildman–Crippen MR) is 99.7 cm³/mol. The van der Waals surface area contributed by atoms with Gasteiger partial charge in [0.15, 0.2) is 0 Å². The van der Waals surface area contributed by atoms with Gasteiger partial charge in [-0.1, -0.05) is 12.1 Å². The van der Waals surface area contributed by atoms with Crippen molar-refractivity contribution < 1.29 is 4.79 Å². The van der Waals surface area contributed by atoms with Gasteiger partial charge >= 0.3 is 0 Å². The normalized spacial score (nSPS) is 14.8. The van der Waals surface area contributed by atoms with Gasteiger partial charge in [0.05, 0.1) is 34.6 Å². The Morgan fingerprint density at radius 3 is 2.69 bits per heavy atom. The van der Waals surface area contributed by atoms with E-state index < -0.39 is 5.91 Å². The molecule has 1 aliphatic rings. The van der Waals surface area contributed by atoms with Gasteiger partial charge in [-0.05, 0) is 49.4 Å². The summed E-state index contributed by atoms with van der Waals surface area (Å²) in [6.45, 7) is 2.13. The molecule has 1 saturated carbocycles. The van der Waals surface area contributed by atoms with Crippen molar-refractivity contribution in [3.8, 4) is 17.2 Å². The zero-order chi connectivity index (χ0) is 18.3. The minimum absolute atomic E-state index is 0.271. The van der Waals surface area contributed by atoms with Crippen LogP contribution >= 0.6 is 0 Å². The molecule has 0 saturated heterocycles. The van der Waals surface area contributed by atoms with Crippen LogP contribution in [0.2, 0.25) is 0 Å². The number of carbonyl (C=O) groups is 1. The zero-order valence-corrected chi connectivity index (χ0v) is 14.4. The zero-order valence-electron chi connectivity index (χ0n) is 14.4. The Bertz CT molecular complexity index is 1020. The summed E-state index contributed by atoms with van der Waals surface area (Å²) in [4.78, 5) is 11.9. The molecule has 0 unspecified atom stereocenters. The standard InChI is InChI=1S/C20H19N5O/c1-12(14-6-7-14)24-19-17(20(22)26)10-23-25-11-16(8-18(19)25)15-4-2-13(9-21)3-5-15/h2-5,8,10-12,14,24H,6-7H2,1H3,(H2,22,26)/t12-/m1/s1. The number of nitrogens with two attached hydrogens (primary N) is 1. The van der Waals surface area contributed by atoms with E-state index in [2.05, 4.69) is 23.4 Å². The van der Waals surface area contributed by atoms with Crippen molar-refractivity contribution in [2.24, 2.45) is 11.7 Å². The molecule has 1 aromatic carbocycles. The summed E-state index contributed by atoms with van der Waals surface area (Å²) in [5.41, 5.74) is 10.1. The van der Waals surface area contributed by atoms with Crippen molar-refractivity contribution in [2.75, 3.05) is 5.32 Å². The molecule has 26 heavy (non-hydrogen) atoms. The van der Waals surface area contributed by atoms with Crippen molar-refractivity contribution in [3.05, 3.63) is 53.9 Å². The van der Waals surface area contributed by atoms with E-state index in [1.807, 2.05) is 24.4 Å². The highest BCUT2D eigenvalue weighted by atomic mass is 16.1. The van der Waals surface area contributed by atoms with Crippen molar-refractivity contribution in [1.29, 1.82) is 5.26 Å². The van der Waals surface area contributed by atoms with Crippen molar-refractivity contribution >= 4 is 17.1 Å². The Kier molecular flexibility index (Phi) is 3.85. The molecule has 0 aliphatic heterocycles. The highest BCUT2D eigenvalue weighted by molar-refractivity contribution is 6.02. The maximum atomic E-state index is 11.9. The Morgan fingerprint density at radius 1 is 1.35 bits per heavy atom. The summed E-state index contributed by atoms with van der Waals surface area (Å²) in [5, 5.41) is 16.8. The number of nitriles is 1. The monoisotopic (exact) mass is 345 g/mol. The number of primary amides is 1. The average molecular weight is 345 g/mol. The SMILES string of the molecule is C[C@@H](Nc1c(C(N)=O)cnn2cc(-c3ccc(C#N)cc3)cc12)C1CC1. The van der Waals surface area contributed by atoms with E-state index >= 15 is 0 Å². The van der Waals surface area contributed by atoms with Gasteiger partial charge in [-0.25, -0.2) is 4.52 Å². The number of amides is 1. The van der Waals surface area contributed by atoms with E-state index in [0.29, 0.717) is 17.0 Å². The molecule has 4 rings (SSSR count). The van der Waals surface area contributed by atoms with Crippen LogP contribution in [-0.4, -0.2) is 21.6 Å². The van der Waals surface area contributed by atoms with Crippen LogP contribution in [0.25, 0.3) is 16.6 Å². The molecule has 0 spiro atoms. The molecule has 0 bridgehead atoms. The first-order valence-corrected chi connectivity index (χ1v) is 8.65. The van der Waals surface area contributed by atoms with Crippen molar-refractivity contribution in [3.63, 3.8) is 0 Å². The van der Waals surface area contributed by atoms with Crippen LogP contribution in [0.3, 0.4) is 0 Å². The Hall–Kier alpha value is -3.33. The fourth-order valence-corrected chi connectivity index (χ4v) is 3.23. The highest BCUT2D eigenvalue weighted by Gasteiger charge is 2.29. The molecular weight excluding hydrogens is 326 g/mol. The van der Waals surface area contributed by atoms with E-state index in [9.17, 15) is 4.79 Å². The van der Waals surface area contributed by atoms with E-state index in [0.717, 1.165) is 22.3 Å². The average Bonchev–Trinajstić information content (AvgIpc) is 3.40. The summed E-state index contributed by atoms with van der Waals surface area (Å²) in [6, 6.07) is 11.8. The molecule has 6 nitrogen and oxygen atoms in total. The summed E-state index contributed by atoms with van der Waals surface area (Å²) in [5.74, 6) is 0.142. The van der Waals surface area contributed by atoms with E-state index in [1.54, 1.807) is 16.6 Å². The Labute approximate surface area is 151 Å². The van der Waals surface area contributed by atoms with Crippen LogP contribution in [0.1, 0.15) is 35.7 Å². The maximum Gasteiger partial charge on any atom is 0.252 e. The predicted octanol–water partition coefficient (Wildman–Crippen LogP) is 3.18. The summed E-state index contributed by atoms with van der Waals surface area (Å²) >= 11 is 0. The molecule has 2 aromatic heterocycles. The van der Waals surface area contributed by atoms with Crippen LogP contribution in [0.15, 0.2) is 42.7 Å². The van der Waals surface area contributed by atoms with Crippen LogP contribution in [0, 0.1) is 17.2 Å². The third-order valence-electron chi connectivity index (χ3n) is 4.95. The summed E-state index contributed by atoms with van der Waals surface area (Å²) < 4.78 is 1.75. The van der Waals surface area contributed by atoms with Crippen LogP contribution in [0.5, 0.6) is 0 Å². The lowest BCUT2D eigenvalue weighted by Gasteiger charge is -2.17. The molecule has 0 radical (unpaired) electrons. The van der Waals surface area contributed by atoms with Crippen molar-refractivity contribution in [1.82, 2.24) is 9.61 Å². The lowest BCUT2D eigenvalue weighted by molar-refractivity contribution is 0.100. The number of nitrogens with zero attached hydrogens (tertiary/aromatic N) is 3. The van der Waals surface area contributed by atoms with Crippen LogP contribution < -0.4 is 11.1 Å². The van der Waals surface area contributed by atoms with Gasteiger partial charge in [0.1, 0.15) is 0 Å². The Morgan fingerprint density at radius 2 is 2.08 bits per heavy atom. The molecule has 130 valence electrons. The quantitative estimate of drug-likeness (QED) is 0.742. The van der Waals surface area contributed by atoms with E-state index in [4.69, 9.17) is 11.0 Å². The van der Waals surface area contributed by atoms with Gasteiger partial charge in [-0.2, -0.15) is 10.4 Å². The number of hydrogen-bond donors (Lipinski definition) is 2. The smallest absolute Gasteiger partial charge is 0.252 e. The number of rotatable bonds is 5. The third-order valence-corrected chi connectivity index (χ3v) is 4.95. The number of nitrogens with one attached hydrogen (secondary N) is 1. The van der Waals surface area contributed by atoms with Gasteiger partial charge < -0.3 is 11.1 Å². The van der Waals surface area contributed by atoms with E-state index in [-0.39, 0.29) is 6.04 Å². The minimum atomic E-state index is -0.494. The van der Waals surface area contributed by atoms with Crippen LogP contribution in [-0.2, 0) is 0 Å². The molecule has 1 atom stereocenters. The third kappa shape index (κ3) is 2.88. The molecule has 3 aromatic rings. The molecule has 1 fully saturated rings. The summed E-state index contributed by atoms with van der Waals surface area (Å²) in [6.07, 6.45) is 5.84. The first-order valence-electron chi connectivity index (χ1n) is 8.65. The lowest BCUT2D eigenvalue weighted by atomic mass is 10.1. The second kappa shape index (κ2) is 6.19. The van der Waals surface area contributed by atoms with Gasteiger partial charge in [-0.15, -0.1) is 0 Å². The number of carbonyl (C=O) groups excluding carboxylic acids is 1. The van der Waals surface area contributed by atoms with Gasteiger partial charge in [-0.3, -0.25) is 4.79 Å². The number of hydrogen-bond acceptors (Lipinski definition) is 4. The number of benzene rings is 1. The fourth-order valence-electron chi connectivity index (χ4n) is 3.23. The molecule has 2 heterocycles. The first kappa shape index (κ1) is 16.2. The molecule has 6 heteroatoms. The van der Waals surface area contributed by atoms with Gasteiger partial charge in [0.25, 0.3) is 5.91 Å². The van der Waals surface area contributed by atoms with E-state index in [1.165, 1.54) is 19.0 Å². The minimum Gasteiger partial charge on any atom is -0.380 e. The molecule has 1 amide bonds. The van der Waals surface area contributed by atoms with Gasteiger partial charge in [0, 0.05) is 17.8 Å². The van der Waals surface area contributed by atoms with Gasteiger partial charge in [0.2, 0.25) is 0 Å². The number of fused-ring (bicyclic) bond motifs is 1. The maximum absolute atomic E-state index is 11.9. The fraction of sp³-hybridized carbons (Fsp3) is 0.250. The second-order valence-electron chi connectivity index (χ2n) is 6.82. The molecule has 1 aliphatic carbocycles. The number of anilines is 1. The summed E-state index contributed by atoms with van der Waals surface area (Å²) in [7, 11) is 0. The highest BCUT2D eigenvalue weighted by Crippen LogP contribution is 2.36. The first-order chi connectivity index (χ1) is 12.6. The second-order valence-corrected chi connectivity index (χ2v) is 6.82. The van der Waals surface area contributed by atoms with Crippen molar-refractivity contribution in [2.45, 2.75) is 25.8 Å². The topological polar surface area (TPSA) is 96.2 Å². The lowest BCUT2D eigenvalue weighted by Crippen LogP contribution is -2.22.